The summed E-state index contributed by atoms with van der Waals surface area (Å²) in [6, 6.07) is 5.54. The Hall–Kier alpha value is -2.54. The van der Waals surface area contributed by atoms with E-state index in [2.05, 4.69) is 20.4 Å². The molecule has 1 unspecified atom stereocenters. The summed E-state index contributed by atoms with van der Waals surface area (Å²) in [6.07, 6.45) is 10.7. The molecule has 1 aromatic rings. The molecule has 1 aliphatic rings. The molecule has 21 heavy (non-hydrogen) atoms. The fraction of sp³-hybridized carbons (Fsp3) is 0.286. The van der Waals surface area contributed by atoms with Crippen LogP contribution in [0.2, 0.25) is 0 Å². The zero-order chi connectivity index (χ0) is 14.9. The SMILES string of the molecule is CN1C=CC=CC1N=N/C=N/N=c1\ccccn1CCO. The molecule has 0 aromatic carbocycles. The van der Waals surface area contributed by atoms with Crippen LogP contribution in [0.4, 0.5) is 0 Å². The second-order valence-electron chi connectivity index (χ2n) is 4.34. The summed E-state index contributed by atoms with van der Waals surface area (Å²) in [4.78, 5) is 1.93. The van der Waals surface area contributed by atoms with E-state index in [0.29, 0.717) is 12.0 Å². The quantitative estimate of drug-likeness (QED) is 0.381. The first-order valence-electron chi connectivity index (χ1n) is 6.60. The molecule has 0 aliphatic carbocycles. The van der Waals surface area contributed by atoms with Gasteiger partial charge < -0.3 is 14.6 Å². The van der Waals surface area contributed by atoms with Crippen LogP contribution in [-0.2, 0) is 6.54 Å². The fourth-order valence-electron chi connectivity index (χ4n) is 1.75. The zero-order valence-corrected chi connectivity index (χ0v) is 11.8. The van der Waals surface area contributed by atoms with E-state index in [1.54, 1.807) is 4.57 Å². The van der Waals surface area contributed by atoms with E-state index in [0.717, 1.165) is 0 Å². The maximum Gasteiger partial charge on any atom is 0.161 e. The molecule has 1 aliphatic heterocycles. The Bertz CT molecular complexity index is 628. The summed E-state index contributed by atoms with van der Waals surface area (Å²) >= 11 is 0. The topological polar surface area (TPSA) is 77.8 Å². The summed E-state index contributed by atoms with van der Waals surface area (Å²) in [5.41, 5.74) is 0.649. The molecule has 0 saturated carbocycles. The fourth-order valence-corrected chi connectivity index (χ4v) is 1.75. The Morgan fingerprint density at radius 1 is 1.33 bits per heavy atom. The minimum absolute atomic E-state index is 0.0501. The Morgan fingerprint density at radius 2 is 2.24 bits per heavy atom. The van der Waals surface area contributed by atoms with E-state index >= 15 is 0 Å². The van der Waals surface area contributed by atoms with Crippen molar-refractivity contribution in [3.8, 4) is 0 Å². The van der Waals surface area contributed by atoms with Gasteiger partial charge in [-0.1, -0.05) is 12.1 Å². The summed E-state index contributed by atoms with van der Waals surface area (Å²) in [5.74, 6) is 0. The molecule has 0 amide bonds. The second kappa shape index (κ2) is 7.91. The molecular formula is C14H18N6O. The average molecular weight is 286 g/mol. The van der Waals surface area contributed by atoms with E-state index in [1.165, 1.54) is 6.34 Å². The van der Waals surface area contributed by atoms with E-state index < -0.39 is 0 Å². The number of rotatable bonds is 5. The van der Waals surface area contributed by atoms with Crippen molar-refractivity contribution in [3.05, 3.63) is 54.3 Å². The first-order chi connectivity index (χ1) is 10.3. The van der Waals surface area contributed by atoms with Crippen LogP contribution in [0.3, 0.4) is 0 Å². The lowest BCUT2D eigenvalue weighted by molar-refractivity contribution is 0.273. The summed E-state index contributed by atoms with van der Waals surface area (Å²) in [5, 5.41) is 24.9. The van der Waals surface area contributed by atoms with Gasteiger partial charge in [0.25, 0.3) is 0 Å². The van der Waals surface area contributed by atoms with Crippen molar-refractivity contribution in [1.29, 1.82) is 0 Å². The Labute approximate surface area is 123 Å². The highest BCUT2D eigenvalue weighted by Gasteiger charge is 2.07. The van der Waals surface area contributed by atoms with Crippen molar-refractivity contribution in [3.63, 3.8) is 0 Å². The van der Waals surface area contributed by atoms with Crippen LogP contribution >= 0.6 is 0 Å². The van der Waals surface area contributed by atoms with Gasteiger partial charge in [-0.15, -0.1) is 15.3 Å². The van der Waals surface area contributed by atoms with Gasteiger partial charge in [-0.05, 0) is 24.3 Å². The van der Waals surface area contributed by atoms with Gasteiger partial charge in [-0.3, -0.25) is 0 Å². The van der Waals surface area contributed by atoms with Crippen LogP contribution < -0.4 is 5.49 Å². The molecular weight excluding hydrogens is 268 g/mol. The number of hydrogen-bond acceptors (Lipinski definition) is 5. The van der Waals surface area contributed by atoms with Crippen molar-refractivity contribution in [2.24, 2.45) is 20.4 Å². The molecule has 1 aromatic heterocycles. The van der Waals surface area contributed by atoms with E-state index in [1.807, 2.05) is 60.8 Å². The number of likely N-dealkylation sites (N-methyl/N-ethyl adjacent to an activating group) is 1. The molecule has 7 nitrogen and oxygen atoms in total. The van der Waals surface area contributed by atoms with Gasteiger partial charge >= 0.3 is 0 Å². The van der Waals surface area contributed by atoms with E-state index in [4.69, 9.17) is 5.11 Å². The van der Waals surface area contributed by atoms with Gasteiger partial charge in [0.05, 0.1) is 6.61 Å². The number of azo groups is 1. The minimum Gasteiger partial charge on any atom is -0.395 e. The summed E-state index contributed by atoms with van der Waals surface area (Å²) in [7, 11) is 1.92. The van der Waals surface area contributed by atoms with Crippen LogP contribution in [0.1, 0.15) is 0 Å². The molecule has 0 fully saturated rings. The van der Waals surface area contributed by atoms with Crippen LogP contribution in [0, 0.1) is 0 Å². The monoisotopic (exact) mass is 286 g/mol. The van der Waals surface area contributed by atoms with E-state index in [-0.39, 0.29) is 12.8 Å². The Morgan fingerprint density at radius 3 is 3.05 bits per heavy atom. The number of aliphatic hydroxyl groups excluding tert-OH is 1. The smallest absolute Gasteiger partial charge is 0.161 e. The van der Waals surface area contributed by atoms with Crippen molar-refractivity contribution in [2.75, 3.05) is 13.7 Å². The van der Waals surface area contributed by atoms with Gasteiger partial charge in [0.1, 0.15) is 0 Å². The highest BCUT2D eigenvalue weighted by Crippen LogP contribution is 2.06. The number of aliphatic hydroxyl groups is 1. The molecule has 1 atom stereocenters. The third-order valence-electron chi connectivity index (χ3n) is 2.84. The van der Waals surface area contributed by atoms with Crippen molar-refractivity contribution >= 4 is 6.34 Å². The van der Waals surface area contributed by atoms with Gasteiger partial charge in [0.2, 0.25) is 0 Å². The normalized spacial score (nSPS) is 19.2. The molecule has 2 heterocycles. The van der Waals surface area contributed by atoms with Crippen molar-refractivity contribution in [1.82, 2.24) is 9.47 Å². The van der Waals surface area contributed by atoms with Crippen LogP contribution in [0.5, 0.6) is 0 Å². The lowest BCUT2D eigenvalue weighted by atomic mass is 10.3. The standard InChI is InChI=1S/C14H18N6O/c1-19-8-4-2-6-13(19)17-15-12-16-18-14-7-3-5-9-20(14)10-11-21/h2-9,12-13,21H,10-11H2,1H3/b16-12+,17-15?,18-14+. The molecule has 110 valence electrons. The molecule has 0 bridgehead atoms. The predicted molar refractivity (Wildman–Crippen MR) is 80.3 cm³/mol. The van der Waals surface area contributed by atoms with Gasteiger partial charge in [0, 0.05) is 26.0 Å². The third kappa shape index (κ3) is 4.50. The van der Waals surface area contributed by atoms with E-state index in [9.17, 15) is 0 Å². The molecule has 1 N–H and O–H groups in total. The number of nitrogens with zero attached hydrogens (tertiary/aromatic N) is 6. The zero-order valence-electron chi connectivity index (χ0n) is 11.8. The van der Waals surface area contributed by atoms with Gasteiger partial charge in [-0.2, -0.15) is 5.11 Å². The highest BCUT2D eigenvalue weighted by molar-refractivity contribution is 5.53. The van der Waals surface area contributed by atoms with Crippen molar-refractivity contribution in [2.45, 2.75) is 12.7 Å². The van der Waals surface area contributed by atoms with Gasteiger partial charge in [0.15, 0.2) is 18.0 Å². The van der Waals surface area contributed by atoms with Crippen LogP contribution in [0.15, 0.2) is 69.3 Å². The Kier molecular flexibility index (Phi) is 5.60. The second-order valence-corrected chi connectivity index (χ2v) is 4.34. The first-order valence-corrected chi connectivity index (χ1v) is 6.60. The van der Waals surface area contributed by atoms with Crippen molar-refractivity contribution < 1.29 is 5.11 Å². The molecule has 0 radical (unpaired) electrons. The van der Waals surface area contributed by atoms with Crippen LogP contribution in [0.25, 0.3) is 0 Å². The Balaban J connectivity index is 2.00. The predicted octanol–water partition coefficient (Wildman–Crippen LogP) is 1.12. The third-order valence-corrected chi connectivity index (χ3v) is 2.84. The largest absolute Gasteiger partial charge is 0.395 e. The van der Waals surface area contributed by atoms with Gasteiger partial charge in [-0.25, -0.2) is 0 Å². The molecule has 7 heteroatoms. The number of aromatic nitrogens is 1. The highest BCUT2D eigenvalue weighted by atomic mass is 16.3. The summed E-state index contributed by atoms with van der Waals surface area (Å²) < 4.78 is 1.80. The number of pyridine rings is 1. The lowest BCUT2D eigenvalue weighted by Gasteiger charge is -2.20. The maximum atomic E-state index is 8.97. The average Bonchev–Trinajstić information content (AvgIpc) is 2.50. The molecule has 2 rings (SSSR count). The lowest BCUT2D eigenvalue weighted by Crippen LogP contribution is -2.23. The minimum atomic E-state index is -0.113. The number of allylic oxidation sites excluding steroid dienone is 2. The first kappa shape index (κ1) is 14.9. The maximum absolute atomic E-state index is 8.97. The van der Waals surface area contributed by atoms with Crippen LogP contribution in [-0.4, -0.2) is 40.7 Å². The molecule has 0 spiro atoms. The number of hydrogen-bond donors (Lipinski definition) is 1. The molecule has 0 saturated heterocycles. The summed E-state index contributed by atoms with van der Waals surface area (Å²) in [6.45, 7) is 0.523.